The monoisotopic (exact) mass is 776 g/mol. The maximum Gasteiger partial charge on any atom is 0.0754 e. The molecule has 0 radical (unpaired) electrons. The Labute approximate surface area is 356 Å². The lowest BCUT2D eigenvalue weighted by Gasteiger charge is -2.45. The summed E-state index contributed by atoms with van der Waals surface area (Å²) in [7, 11) is 0. The number of anilines is 6. The number of hydrogen-bond donors (Lipinski definition) is 0. The highest BCUT2D eigenvalue weighted by molar-refractivity contribution is 6.05. The average molecular weight is 777 g/mol. The molecule has 61 heavy (non-hydrogen) atoms. The van der Waals surface area contributed by atoms with E-state index in [4.69, 9.17) is 0 Å². The Hall–Kier alpha value is -7.94. The van der Waals surface area contributed by atoms with Crippen LogP contribution < -0.4 is 9.80 Å². The first kappa shape index (κ1) is 35.0. The van der Waals surface area contributed by atoms with Gasteiger partial charge in [0.05, 0.1) is 22.5 Å². The van der Waals surface area contributed by atoms with Gasteiger partial charge in [0, 0.05) is 33.6 Å². The maximum atomic E-state index is 2.51. The standard InChI is InChI=1S/C59H40N2/c1-5-18-43(19-6-1)50-38-39-52-51-37-34-44(41-32-35-48(36-33-41)60(46-24-9-3-10-25-46)55-31-17-21-42-20-13-14-28-49(42)55)40-54(51)59(45-22-7-2-8-23-45)53-29-15-16-30-56(53)61(58(50)57(52)59)47-26-11-4-12-27-47/h1-40H. The van der Waals surface area contributed by atoms with E-state index in [2.05, 4.69) is 252 Å². The lowest BCUT2D eigenvalue weighted by atomic mass is 9.64. The molecule has 1 aliphatic heterocycles. The van der Waals surface area contributed by atoms with Gasteiger partial charge in [-0.15, -0.1) is 0 Å². The second kappa shape index (κ2) is 14.1. The van der Waals surface area contributed by atoms with E-state index in [9.17, 15) is 0 Å². The van der Waals surface area contributed by atoms with Gasteiger partial charge in [-0.3, -0.25) is 0 Å². The van der Waals surface area contributed by atoms with E-state index < -0.39 is 5.41 Å². The van der Waals surface area contributed by atoms with E-state index in [0.717, 1.165) is 22.7 Å². The Morgan fingerprint density at radius 1 is 0.377 bits per heavy atom. The van der Waals surface area contributed by atoms with E-state index in [0.29, 0.717) is 0 Å². The highest BCUT2D eigenvalue weighted by Gasteiger charge is 2.53. The van der Waals surface area contributed by atoms with Crippen molar-refractivity contribution in [2.24, 2.45) is 0 Å². The van der Waals surface area contributed by atoms with Crippen molar-refractivity contribution in [3.8, 4) is 33.4 Å². The molecular formula is C59H40N2. The quantitative estimate of drug-likeness (QED) is 0.159. The first-order valence-corrected chi connectivity index (χ1v) is 21.1. The number of nitrogens with zero attached hydrogens (tertiary/aromatic N) is 2. The van der Waals surface area contributed by atoms with Gasteiger partial charge >= 0.3 is 0 Å². The van der Waals surface area contributed by atoms with Gasteiger partial charge in [-0.1, -0.05) is 188 Å². The van der Waals surface area contributed by atoms with Crippen LogP contribution in [0, 0.1) is 0 Å². The summed E-state index contributed by atoms with van der Waals surface area (Å²) in [4.78, 5) is 4.89. The summed E-state index contributed by atoms with van der Waals surface area (Å²) in [6, 6.07) is 89.0. The van der Waals surface area contributed by atoms with Gasteiger partial charge in [-0.2, -0.15) is 0 Å². The van der Waals surface area contributed by atoms with Crippen molar-refractivity contribution < 1.29 is 0 Å². The largest absolute Gasteiger partial charge is 0.310 e. The predicted molar refractivity (Wildman–Crippen MR) is 255 cm³/mol. The van der Waals surface area contributed by atoms with Crippen LogP contribution in [-0.4, -0.2) is 0 Å². The molecular weight excluding hydrogens is 737 g/mol. The van der Waals surface area contributed by atoms with Crippen molar-refractivity contribution in [2.75, 3.05) is 9.80 Å². The van der Waals surface area contributed by atoms with Crippen molar-refractivity contribution in [2.45, 2.75) is 5.41 Å². The SMILES string of the molecule is c1ccc(-c2ccc3c4c2N(c2ccccc2)c2ccccc2C4(c2ccccc2)c2cc(-c4ccc(N(c5ccccc5)c5cccc6ccccc56)cc4)ccc2-3)cc1. The molecule has 0 saturated heterocycles. The maximum absolute atomic E-state index is 2.51. The lowest BCUT2D eigenvalue weighted by Crippen LogP contribution is -2.36. The van der Waals surface area contributed by atoms with Crippen LogP contribution in [0.5, 0.6) is 0 Å². The van der Waals surface area contributed by atoms with Crippen LogP contribution in [-0.2, 0) is 5.41 Å². The number of hydrogen-bond acceptors (Lipinski definition) is 2. The first-order chi connectivity index (χ1) is 30.3. The zero-order valence-corrected chi connectivity index (χ0v) is 33.5. The second-order valence-electron chi connectivity index (χ2n) is 16.0. The minimum atomic E-state index is -0.567. The van der Waals surface area contributed by atoms with Crippen molar-refractivity contribution in [1.29, 1.82) is 0 Å². The van der Waals surface area contributed by atoms with Gasteiger partial charge < -0.3 is 9.80 Å². The molecule has 0 spiro atoms. The van der Waals surface area contributed by atoms with Crippen molar-refractivity contribution in [3.05, 3.63) is 265 Å². The van der Waals surface area contributed by atoms with Crippen LogP contribution in [0.2, 0.25) is 0 Å². The fourth-order valence-electron chi connectivity index (χ4n) is 10.3. The number of para-hydroxylation sites is 3. The Morgan fingerprint density at radius 3 is 1.75 bits per heavy atom. The summed E-state index contributed by atoms with van der Waals surface area (Å²) < 4.78 is 0. The molecule has 12 rings (SSSR count). The second-order valence-corrected chi connectivity index (χ2v) is 16.0. The van der Waals surface area contributed by atoms with E-state index in [1.807, 2.05) is 0 Å². The molecule has 1 heterocycles. The van der Waals surface area contributed by atoms with Crippen molar-refractivity contribution in [1.82, 2.24) is 0 Å². The third-order valence-electron chi connectivity index (χ3n) is 12.8. The molecule has 0 bridgehead atoms. The van der Waals surface area contributed by atoms with E-state index in [-0.39, 0.29) is 0 Å². The summed E-state index contributed by atoms with van der Waals surface area (Å²) in [5.74, 6) is 0. The molecule has 1 aliphatic carbocycles. The molecule has 2 nitrogen and oxygen atoms in total. The molecule has 1 unspecified atom stereocenters. The Balaban J connectivity index is 1.08. The molecule has 2 aliphatic rings. The molecule has 2 heteroatoms. The predicted octanol–water partition coefficient (Wildman–Crippen LogP) is 15.8. The molecule has 1 atom stereocenters. The van der Waals surface area contributed by atoms with Crippen LogP contribution in [0.15, 0.2) is 243 Å². The van der Waals surface area contributed by atoms with Crippen LogP contribution in [0.4, 0.5) is 34.1 Å². The van der Waals surface area contributed by atoms with Gasteiger partial charge in [-0.25, -0.2) is 0 Å². The molecule has 286 valence electrons. The molecule has 0 amide bonds. The summed E-state index contributed by atoms with van der Waals surface area (Å²) in [5, 5.41) is 2.44. The minimum Gasteiger partial charge on any atom is -0.310 e. The third kappa shape index (κ3) is 5.36. The van der Waals surface area contributed by atoms with Gasteiger partial charge in [0.2, 0.25) is 0 Å². The van der Waals surface area contributed by atoms with Gasteiger partial charge in [-0.05, 0) is 104 Å². The fourth-order valence-corrected chi connectivity index (χ4v) is 10.3. The highest BCUT2D eigenvalue weighted by Crippen LogP contribution is 2.66. The summed E-state index contributed by atoms with van der Waals surface area (Å²) >= 11 is 0. The fraction of sp³-hybridized carbons (Fsp3) is 0.0169. The summed E-state index contributed by atoms with van der Waals surface area (Å²) in [5.41, 5.74) is 18.9. The van der Waals surface area contributed by atoms with Crippen LogP contribution in [0.1, 0.15) is 22.3 Å². The smallest absolute Gasteiger partial charge is 0.0754 e. The molecule has 0 aromatic heterocycles. The topological polar surface area (TPSA) is 6.48 Å². The molecule has 0 fully saturated rings. The Kier molecular flexibility index (Phi) is 8.11. The van der Waals surface area contributed by atoms with Gasteiger partial charge in [0.25, 0.3) is 0 Å². The number of benzene rings is 10. The summed E-state index contributed by atoms with van der Waals surface area (Å²) in [6.45, 7) is 0. The highest BCUT2D eigenvalue weighted by atomic mass is 15.2. The molecule has 10 aromatic carbocycles. The van der Waals surface area contributed by atoms with Crippen LogP contribution >= 0.6 is 0 Å². The lowest BCUT2D eigenvalue weighted by molar-refractivity contribution is 0.754. The molecule has 0 N–H and O–H groups in total. The van der Waals surface area contributed by atoms with Crippen LogP contribution in [0.25, 0.3) is 44.2 Å². The first-order valence-electron chi connectivity index (χ1n) is 21.1. The van der Waals surface area contributed by atoms with Crippen LogP contribution in [0.3, 0.4) is 0 Å². The average Bonchev–Trinajstić information content (AvgIpc) is 3.64. The zero-order chi connectivity index (χ0) is 40.3. The minimum absolute atomic E-state index is 0.567. The van der Waals surface area contributed by atoms with Crippen molar-refractivity contribution in [3.63, 3.8) is 0 Å². The third-order valence-corrected chi connectivity index (χ3v) is 12.8. The Morgan fingerprint density at radius 2 is 0.967 bits per heavy atom. The molecule has 10 aromatic rings. The number of rotatable bonds is 7. The normalized spacial score (nSPS) is 14.6. The Bertz CT molecular complexity index is 3230. The van der Waals surface area contributed by atoms with Gasteiger partial charge in [0.1, 0.15) is 0 Å². The van der Waals surface area contributed by atoms with Crippen molar-refractivity contribution >= 4 is 44.9 Å². The zero-order valence-electron chi connectivity index (χ0n) is 33.5. The van der Waals surface area contributed by atoms with E-state index in [1.54, 1.807) is 0 Å². The van der Waals surface area contributed by atoms with Gasteiger partial charge in [0.15, 0.2) is 0 Å². The van der Waals surface area contributed by atoms with E-state index >= 15 is 0 Å². The molecule has 0 saturated carbocycles. The summed E-state index contributed by atoms with van der Waals surface area (Å²) in [6.07, 6.45) is 0. The number of fused-ring (bicyclic) bond motifs is 6. The van der Waals surface area contributed by atoms with E-state index in [1.165, 1.54) is 77.8 Å².